The first-order chi connectivity index (χ1) is 10.6. The SMILES string of the molecule is Cc1ccc(CC(=O)Nc2nnc(-c3ccc(Br)o3)o2)cc1. The van der Waals surface area contributed by atoms with Gasteiger partial charge >= 0.3 is 6.01 Å². The summed E-state index contributed by atoms with van der Waals surface area (Å²) in [4.78, 5) is 11.9. The van der Waals surface area contributed by atoms with E-state index in [9.17, 15) is 4.79 Å². The second-order valence-electron chi connectivity index (χ2n) is 4.73. The number of furan rings is 1. The number of hydrogen-bond acceptors (Lipinski definition) is 5. The first-order valence-corrected chi connectivity index (χ1v) is 7.34. The largest absolute Gasteiger partial charge is 0.444 e. The van der Waals surface area contributed by atoms with Crippen molar-refractivity contribution in [3.63, 3.8) is 0 Å². The molecule has 0 fully saturated rings. The molecule has 3 aromatic rings. The van der Waals surface area contributed by atoms with Gasteiger partial charge in [-0.25, -0.2) is 0 Å². The number of aromatic nitrogens is 2. The Hall–Kier alpha value is -2.41. The molecule has 0 spiro atoms. The third kappa shape index (κ3) is 3.43. The average molecular weight is 362 g/mol. The molecule has 7 heteroatoms. The van der Waals surface area contributed by atoms with Gasteiger partial charge in [-0.1, -0.05) is 34.9 Å². The number of carbonyl (C=O) groups excluding carboxylic acids is 1. The summed E-state index contributed by atoms with van der Waals surface area (Å²) in [6, 6.07) is 11.2. The summed E-state index contributed by atoms with van der Waals surface area (Å²) in [5, 5.41) is 10.2. The lowest BCUT2D eigenvalue weighted by Gasteiger charge is -2.01. The van der Waals surface area contributed by atoms with Crippen LogP contribution < -0.4 is 5.32 Å². The van der Waals surface area contributed by atoms with Crippen molar-refractivity contribution in [1.29, 1.82) is 0 Å². The molecule has 0 aliphatic carbocycles. The van der Waals surface area contributed by atoms with Crippen LogP contribution in [-0.4, -0.2) is 16.1 Å². The normalized spacial score (nSPS) is 10.6. The molecule has 0 saturated heterocycles. The van der Waals surface area contributed by atoms with Crippen molar-refractivity contribution in [2.24, 2.45) is 0 Å². The van der Waals surface area contributed by atoms with E-state index >= 15 is 0 Å². The summed E-state index contributed by atoms with van der Waals surface area (Å²) in [5.74, 6) is 0.412. The smallest absolute Gasteiger partial charge is 0.322 e. The fraction of sp³-hybridized carbons (Fsp3) is 0.133. The van der Waals surface area contributed by atoms with Gasteiger partial charge in [-0.15, -0.1) is 5.10 Å². The van der Waals surface area contributed by atoms with Gasteiger partial charge in [0.1, 0.15) is 0 Å². The quantitative estimate of drug-likeness (QED) is 0.767. The molecule has 2 heterocycles. The number of nitrogens with one attached hydrogen (secondary N) is 1. The predicted molar refractivity (Wildman–Crippen MR) is 83.2 cm³/mol. The summed E-state index contributed by atoms with van der Waals surface area (Å²) in [6.45, 7) is 2.00. The highest BCUT2D eigenvalue weighted by Gasteiger charge is 2.14. The monoisotopic (exact) mass is 361 g/mol. The molecule has 6 nitrogen and oxygen atoms in total. The van der Waals surface area contributed by atoms with Gasteiger partial charge in [0.15, 0.2) is 10.4 Å². The summed E-state index contributed by atoms with van der Waals surface area (Å²) < 4.78 is 11.2. The highest BCUT2D eigenvalue weighted by Crippen LogP contribution is 2.24. The topological polar surface area (TPSA) is 81.2 Å². The number of nitrogens with zero attached hydrogens (tertiary/aromatic N) is 2. The Balaban J connectivity index is 1.64. The van der Waals surface area contributed by atoms with Crippen LogP contribution in [0.3, 0.4) is 0 Å². The van der Waals surface area contributed by atoms with Gasteiger partial charge in [-0.2, -0.15) is 0 Å². The number of anilines is 1. The Kier molecular flexibility index (Phi) is 4.06. The van der Waals surface area contributed by atoms with Crippen molar-refractivity contribution >= 4 is 27.9 Å². The molecule has 0 atom stereocenters. The van der Waals surface area contributed by atoms with E-state index in [1.165, 1.54) is 0 Å². The molecule has 0 unspecified atom stereocenters. The van der Waals surface area contributed by atoms with Gasteiger partial charge in [0.2, 0.25) is 5.91 Å². The Bertz CT molecular complexity index is 792. The standard InChI is InChI=1S/C15H12BrN3O3/c1-9-2-4-10(5-3-9)8-13(20)17-15-19-18-14(22-15)11-6-7-12(16)21-11/h2-7H,8H2,1H3,(H,17,19,20). The molecule has 0 saturated carbocycles. The van der Waals surface area contributed by atoms with Gasteiger partial charge in [-0.05, 0) is 40.5 Å². The van der Waals surface area contributed by atoms with Gasteiger partial charge in [0.05, 0.1) is 6.42 Å². The van der Waals surface area contributed by atoms with E-state index in [4.69, 9.17) is 8.83 Å². The maximum absolute atomic E-state index is 11.9. The summed E-state index contributed by atoms with van der Waals surface area (Å²) in [7, 11) is 0. The first-order valence-electron chi connectivity index (χ1n) is 6.55. The van der Waals surface area contributed by atoms with Crippen LogP contribution in [0.4, 0.5) is 6.01 Å². The van der Waals surface area contributed by atoms with Crippen molar-refractivity contribution in [3.8, 4) is 11.7 Å². The van der Waals surface area contributed by atoms with E-state index in [-0.39, 0.29) is 24.2 Å². The highest BCUT2D eigenvalue weighted by atomic mass is 79.9. The fourth-order valence-corrected chi connectivity index (χ4v) is 2.16. The van der Waals surface area contributed by atoms with Gasteiger partial charge in [0.25, 0.3) is 5.89 Å². The van der Waals surface area contributed by atoms with E-state index < -0.39 is 0 Å². The average Bonchev–Trinajstić information content (AvgIpc) is 3.10. The van der Waals surface area contributed by atoms with E-state index in [2.05, 4.69) is 31.4 Å². The van der Waals surface area contributed by atoms with Crippen molar-refractivity contribution in [3.05, 3.63) is 52.2 Å². The number of amides is 1. The number of hydrogen-bond donors (Lipinski definition) is 1. The van der Waals surface area contributed by atoms with E-state index in [1.54, 1.807) is 12.1 Å². The maximum atomic E-state index is 11.9. The highest BCUT2D eigenvalue weighted by molar-refractivity contribution is 9.10. The molecule has 1 N–H and O–H groups in total. The number of halogens is 1. The third-order valence-electron chi connectivity index (χ3n) is 2.94. The minimum Gasteiger partial charge on any atom is -0.444 e. The molecular formula is C15H12BrN3O3. The lowest BCUT2D eigenvalue weighted by atomic mass is 10.1. The number of aryl methyl sites for hydroxylation is 1. The van der Waals surface area contributed by atoms with Crippen LogP contribution >= 0.6 is 15.9 Å². The maximum Gasteiger partial charge on any atom is 0.322 e. The number of benzene rings is 1. The molecule has 22 heavy (non-hydrogen) atoms. The molecular weight excluding hydrogens is 350 g/mol. The van der Waals surface area contributed by atoms with Crippen LogP contribution in [0.1, 0.15) is 11.1 Å². The van der Waals surface area contributed by atoms with Gasteiger partial charge < -0.3 is 8.83 Å². The molecule has 1 aromatic carbocycles. The summed E-state index contributed by atoms with van der Waals surface area (Å²) in [6.07, 6.45) is 0.240. The summed E-state index contributed by atoms with van der Waals surface area (Å²) >= 11 is 3.19. The van der Waals surface area contributed by atoms with E-state index in [0.29, 0.717) is 10.4 Å². The Morgan fingerprint density at radius 1 is 1.14 bits per heavy atom. The van der Waals surface area contributed by atoms with Gasteiger partial charge in [-0.3, -0.25) is 10.1 Å². The van der Waals surface area contributed by atoms with E-state index in [1.807, 2.05) is 31.2 Å². The van der Waals surface area contributed by atoms with Crippen molar-refractivity contribution in [2.75, 3.05) is 5.32 Å². The van der Waals surface area contributed by atoms with Crippen LogP contribution in [-0.2, 0) is 11.2 Å². The lowest BCUT2D eigenvalue weighted by molar-refractivity contribution is -0.115. The van der Waals surface area contributed by atoms with Crippen molar-refractivity contribution in [2.45, 2.75) is 13.3 Å². The second-order valence-corrected chi connectivity index (χ2v) is 5.51. The Labute approximate surface area is 134 Å². The molecule has 0 bridgehead atoms. The van der Waals surface area contributed by atoms with Crippen LogP contribution in [0.25, 0.3) is 11.7 Å². The predicted octanol–water partition coefficient (Wildman–Crippen LogP) is 3.58. The third-order valence-corrected chi connectivity index (χ3v) is 3.37. The summed E-state index contributed by atoms with van der Waals surface area (Å²) in [5.41, 5.74) is 2.06. The molecule has 3 rings (SSSR count). The fourth-order valence-electron chi connectivity index (χ4n) is 1.86. The van der Waals surface area contributed by atoms with E-state index in [0.717, 1.165) is 11.1 Å². The molecule has 112 valence electrons. The van der Waals surface area contributed by atoms with Crippen LogP contribution in [0.2, 0.25) is 0 Å². The Morgan fingerprint density at radius 3 is 2.59 bits per heavy atom. The van der Waals surface area contributed by atoms with Crippen LogP contribution in [0.5, 0.6) is 0 Å². The zero-order valence-corrected chi connectivity index (χ0v) is 13.3. The number of rotatable bonds is 4. The first kappa shape index (κ1) is 14.5. The Morgan fingerprint density at radius 2 is 1.91 bits per heavy atom. The lowest BCUT2D eigenvalue weighted by Crippen LogP contribution is -2.14. The molecule has 1 amide bonds. The molecule has 0 aliphatic rings. The van der Waals surface area contributed by atoms with Crippen LogP contribution in [0.15, 0.2) is 49.9 Å². The second kappa shape index (κ2) is 6.15. The van der Waals surface area contributed by atoms with Gasteiger partial charge in [0, 0.05) is 0 Å². The van der Waals surface area contributed by atoms with Crippen molar-refractivity contribution in [1.82, 2.24) is 10.2 Å². The molecule has 0 radical (unpaired) electrons. The molecule has 0 aliphatic heterocycles. The zero-order chi connectivity index (χ0) is 15.5. The molecule has 2 aromatic heterocycles. The van der Waals surface area contributed by atoms with Crippen molar-refractivity contribution < 1.29 is 13.6 Å². The minimum absolute atomic E-state index is 0.0413. The zero-order valence-electron chi connectivity index (χ0n) is 11.7. The number of carbonyl (C=O) groups is 1. The minimum atomic E-state index is -0.223. The van der Waals surface area contributed by atoms with Crippen LogP contribution in [0, 0.1) is 6.92 Å².